The van der Waals surface area contributed by atoms with Gasteiger partial charge >= 0.3 is 5.97 Å². The van der Waals surface area contributed by atoms with E-state index in [4.69, 9.17) is 5.11 Å². The van der Waals surface area contributed by atoms with Crippen molar-refractivity contribution in [2.45, 2.75) is 27.2 Å². The number of carboxylic acid groups (broad SMARTS) is 1. The molecule has 1 N–H and O–H groups in total. The van der Waals surface area contributed by atoms with Crippen LogP contribution in [0.4, 0.5) is 4.39 Å². The molecule has 0 amide bonds. The van der Waals surface area contributed by atoms with E-state index >= 15 is 0 Å². The summed E-state index contributed by atoms with van der Waals surface area (Å²) < 4.78 is 9.50. The first-order valence-corrected chi connectivity index (χ1v) is 6.75. The molecule has 0 aromatic heterocycles. The molecule has 0 fully saturated rings. The molecule has 0 heterocycles. The van der Waals surface area contributed by atoms with Gasteiger partial charge in [-0.2, -0.15) is 5.56 Å². The Bertz CT molecular complexity index is 548. The molecule has 2 aromatic rings. The summed E-state index contributed by atoms with van der Waals surface area (Å²) >= 11 is 0. The summed E-state index contributed by atoms with van der Waals surface area (Å²) in [4.78, 5) is 10.7. The zero-order valence-corrected chi connectivity index (χ0v) is 19.7. The summed E-state index contributed by atoms with van der Waals surface area (Å²) in [5.74, 6) is -0.838. The molecule has 0 atom stereocenters. The number of hydrogen-bond donors (Lipinski definition) is 1. The Kier molecular flexibility index (Phi) is 19.7. The van der Waals surface area contributed by atoms with Gasteiger partial charge in [0.1, 0.15) is 0 Å². The van der Waals surface area contributed by atoms with E-state index in [9.17, 15) is 9.18 Å². The number of hydrogen-bond acceptors (Lipinski definition) is 1. The van der Waals surface area contributed by atoms with Gasteiger partial charge in [-0.1, -0.05) is 32.0 Å². The monoisotopic (exact) mass is 561 g/mol. The van der Waals surface area contributed by atoms with Gasteiger partial charge in [-0.05, 0) is 0 Å². The SMILES string of the molecule is CC.CF.Cc1c[c-]c(-c2ccccc2)[c-]c1CC(=O)O.[W].[Y]. The molecule has 23 heavy (non-hydrogen) atoms. The van der Waals surface area contributed by atoms with Crippen LogP contribution in [0.1, 0.15) is 25.0 Å². The van der Waals surface area contributed by atoms with Crippen LogP contribution in [0.2, 0.25) is 0 Å². The van der Waals surface area contributed by atoms with Crippen molar-refractivity contribution >= 4 is 5.97 Å². The van der Waals surface area contributed by atoms with E-state index in [1.807, 2.05) is 57.2 Å². The van der Waals surface area contributed by atoms with Gasteiger partial charge in [-0.25, -0.2) is 17.2 Å². The molecule has 0 saturated heterocycles. The topological polar surface area (TPSA) is 37.3 Å². The minimum atomic E-state index is -0.838. The van der Waals surface area contributed by atoms with Gasteiger partial charge in [0.15, 0.2) is 0 Å². The van der Waals surface area contributed by atoms with E-state index in [0.717, 1.165) is 22.3 Å². The number of alkyl halides is 1. The molecule has 0 unspecified atom stereocenters. The molecule has 0 aliphatic carbocycles. The first-order chi connectivity index (χ1) is 10.2. The summed E-state index contributed by atoms with van der Waals surface area (Å²) in [6.07, 6.45) is 0.000344. The van der Waals surface area contributed by atoms with Gasteiger partial charge in [0.2, 0.25) is 0 Å². The molecule has 1 radical (unpaired) electrons. The van der Waals surface area contributed by atoms with Gasteiger partial charge in [-0.3, -0.25) is 26.9 Å². The summed E-state index contributed by atoms with van der Waals surface area (Å²) in [5, 5.41) is 8.82. The Morgan fingerprint density at radius 2 is 1.70 bits per heavy atom. The Morgan fingerprint density at radius 1 is 1.17 bits per heavy atom. The van der Waals surface area contributed by atoms with E-state index in [2.05, 4.69) is 12.1 Å². The van der Waals surface area contributed by atoms with Crippen molar-refractivity contribution in [3.05, 3.63) is 59.7 Å². The van der Waals surface area contributed by atoms with Crippen molar-refractivity contribution < 1.29 is 68.1 Å². The number of carboxylic acids is 1. The molecular weight excluding hydrogens is 540 g/mol. The molecule has 0 spiro atoms. The van der Waals surface area contributed by atoms with Crippen molar-refractivity contribution in [3.63, 3.8) is 0 Å². The summed E-state index contributed by atoms with van der Waals surface area (Å²) in [7, 11) is 0.500. The van der Waals surface area contributed by atoms with Gasteiger partial charge < -0.3 is 5.11 Å². The van der Waals surface area contributed by atoms with Crippen LogP contribution >= 0.6 is 0 Å². The zero-order chi connectivity index (χ0) is 16.3. The predicted octanol–water partition coefficient (Wildman–Crippen LogP) is 4.50. The van der Waals surface area contributed by atoms with E-state index in [-0.39, 0.29) is 60.2 Å². The Balaban J connectivity index is -0.000000619. The minimum Gasteiger partial charge on any atom is -0.481 e. The zero-order valence-electron chi connectivity index (χ0n) is 13.9. The second-order valence-corrected chi connectivity index (χ2v) is 3.89. The average Bonchev–Trinajstić information content (AvgIpc) is 2.54. The number of aryl methyl sites for hydroxylation is 1. The number of halogens is 1. The Morgan fingerprint density at radius 3 is 2.17 bits per heavy atom. The maximum atomic E-state index is 10.7. The number of aliphatic carboxylic acids is 1. The second kappa shape index (κ2) is 16.5. The molecular formula is C18H21FO2WY-2. The molecule has 0 aliphatic rings. The van der Waals surface area contributed by atoms with Crippen LogP contribution < -0.4 is 0 Å². The molecule has 123 valence electrons. The second-order valence-electron chi connectivity index (χ2n) is 3.89. The first kappa shape index (κ1) is 27.5. The summed E-state index contributed by atoms with van der Waals surface area (Å²) in [6, 6.07) is 17.8. The standard InChI is InChI=1S/C15H12O2.C2H6.CH3F.W.Y/c1-11-7-8-13(9-14(11)10-15(16)17)12-5-3-2-4-6-12;2*1-2;;/h2-7H,10H2,1H3,(H,16,17);1-2H3;1H3;;/q-2;;;;. The quantitative estimate of drug-likeness (QED) is 0.562. The summed E-state index contributed by atoms with van der Waals surface area (Å²) in [6.45, 7) is 5.88. The maximum absolute atomic E-state index is 10.7. The third-order valence-corrected chi connectivity index (χ3v) is 2.58. The van der Waals surface area contributed by atoms with E-state index in [0.29, 0.717) is 7.18 Å². The molecule has 5 heteroatoms. The average molecular weight is 561 g/mol. The maximum Gasteiger partial charge on any atom is 0.304 e. The van der Waals surface area contributed by atoms with Gasteiger partial charge in [-0.15, -0.1) is 19.1 Å². The van der Waals surface area contributed by atoms with Crippen LogP contribution in [0.3, 0.4) is 0 Å². The van der Waals surface area contributed by atoms with Crippen molar-refractivity contribution in [1.82, 2.24) is 0 Å². The largest absolute Gasteiger partial charge is 0.481 e. The van der Waals surface area contributed by atoms with Crippen LogP contribution in [0.15, 0.2) is 36.4 Å². The normalized spacial score (nSPS) is 8.04. The van der Waals surface area contributed by atoms with Crippen molar-refractivity contribution in [1.29, 1.82) is 0 Å². The molecule has 2 aromatic carbocycles. The van der Waals surface area contributed by atoms with Gasteiger partial charge in [0.25, 0.3) is 0 Å². The van der Waals surface area contributed by atoms with Crippen LogP contribution in [0, 0.1) is 19.1 Å². The molecule has 2 rings (SSSR count). The van der Waals surface area contributed by atoms with Gasteiger partial charge in [0.05, 0.1) is 7.18 Å². The fourth-order valence-electron chi connectivity index (χ4n) is 1.65. The van der Waals surface area contributed by atoms with Crippen molar-refractivity contribution in [3.8, 4) is 11.1 Å². The fourth-order valence-corrected chi connectivity index (χ4v) is 1.65. The fraction of sp³-hybridized carbons (Fsp3) is 0.278. The van der Waals surface area contributed by atoms with Crippen LogP contribution in [-0.2, 0) is 65.0 Å². The van der Waals surface area contributed by atoms with E-state index in [1.165, 1.54) is 0 Å². The van der Waals surface area contributed by atoms with Crippen LogP contribution in [0.25, 0.3) is 11.1 Å². The third kappa shape index (κ3) is 10.2. The molecule has 0 bridgehead atoms. The Labute approximate surface area is 178 Å². The number of rotatable bonds is 3. The molecule has 0 saturated carbocycles. The molecule has 2 nitrogen and oxygen atoms in total. The van der Waals surface area contributed by atoms with Crippen molar-refractivity contribution in [2.24, 2.45) is 0 Å². The minimum absolute atomic E-state index is 0. The van der Waals surface area contributed by atoms with Crippen LogP contribution in [-0.4, -0.2) is 18.3 Å². The van der Waals surface area contributed by atoms with E-state index < -0.39 is 5.97 Å². The van der Waals surface area contributed by atoms with Crippen LogP contribution in [0.5, 0.6) is 0 Å². The summed E-state index contributed by atoms with van der Waals surface area (Å²) in [5.41, 5.74) is 3.44. The van der Waals surface area contributed by atoms with Gasteiger partial charge in [0, 0.05) is 60.2 Å². The molecule has 0 aliphatic heterocycles. The Hall–Kier alpha value is -0.368. The van der Waals surface area contributed by atoms with E-state index in [1.54, 1.807) is 0 Å². The smallest absolute Gasteiger partial charge is 0.304 e. The number of benzene rings is 2. The van der Waals surface area contributed by atoms with Crippen molar-refractivity contribution in [2.75, 3.05) is 7.18 Å². The third-order valence-electron chi connectivity index (χ3n) is 2.58. The first-order valence-electron chi connectivity index (χ1n) is 6.75. The predicted molar refractivity (Wildman–Crippen MR) is 84.0 cm³/mol. The number of carbonyl (C=O) groups is 1.